The minimum Gasteiger partial charge on any atom is -0.482 e. The van der Waals surface area contributed by atoms with Crippen molar-refractivity contribution in [2.75, 3.05) is 7.11 Å². The summed E-state index contributed by atoms with van der Waals surface area (Å²) in [5.41, 5.74) is 3.64. The first kappa shape index (κ1) is 13.3. The monoisotopic (exact) mass is 278 g/mol. The first-order valence-electron chi connectivity index (χ1n) is 6.92. The molecular weight excluding hydrogens is 260 g/mol. The van der Waals surface area contributed by atoms with E-state index in [9.17, 15) is 0 Å². The summed E-state index contributed by atoms with van der Waals surface area (Å²) < 4.78 is 5.04. The lowest BCUT2D eigenvalue weighted by Gasteiger charge is -1.90. The number of methoxy groups -OCH3 is 1. The summed E-state index contributed by atoms with van der Waals surface area (Å²) in [6.07, 6.45) is 1.96. The van der Waals surface area contributed by atoms with E-state index in [1.165, 1.54) is 21.9 Å². The maximum Gasteiger partial charge on any atom is 0.191 e. The molecule has 0 unspecified atom stereocenters. The Kier molecular flexibility index (Phi) is 3.65. The molecule has 0 aliphatic rings. The van der Waals surface area contributed by atoms with Gasteiger partial charge in [0.2, 0.25) is 0 Å². The summed E-state index contributed by atoms with van der Waals surface area (Å²) in [6, 6.07) is 18.5. The summed E-state index contributed by atoms with van der Waals surface area (Å²) >= 11 is 0. The van der Waals surface area contributed by atoms with Crippen LogP contribution >= 0.6 is 0 Å². The van der Waals surface area contributed by atoms with Crippen LogP contribution in [0, 0.1) is 6.92 Å². The summed E-state index contributed by atoms with van der Waals surface area (Å²) in [5, 5.41) is 2.48. The molecule has 0 aliphatic heterocycles. The van der Waals surface area contributed by atoms with E-state index < -0.39 is 0 Å². The van der Waals surface area contributed by atoms with E-state index in [1.54, 1.807) is 7.11 Å². The molecule has 0 bridgehead atoms. The van der Waals surface area contributed by atoms with Crippen molar-refractivity contribution in [2.45, 2.75) is 6.92 Å². The number of hydrogen-bond acceptors (Lipinski definition) is 1. The van der Waals surface area contributed by atoms with E-state index in [4.69, 9.17) is 4.74 Å². The number of H-pyrrole nitrogens is 2. The van der Waals surface area contributed by atoms with Gasteiger partial charge in [0.1, 0.15) is 0 Å². The highest BCUT2D eigenvalue weighted by Crippen LogP contribution is 2.18. The zero-order valence-corrected chi connectivity index (χ0v) is 12.2. The predicted octanol–water partition coefficient (Wildman–Crippen LogP) is 4.65. The quantitative estimate of drug-likeness (QED) is 0.522. The van der Waals surface area contributed by atoms with Crippen molar-refractivity contribution in [1.82, 2.24) is 9.97 Å². The van der Waals surface area contributed by atoms with Gasteiger partial charge in [0.25, 0.3) is 0 Å². The minimum absolute atomic E-state index is 0.811. The molecular formula is C18H18N2O. The highest BCUT2D eigenvalue weighted by atomic mass is 16.5. The molecule has 0 saturated carbocycles. The lowest BCUT2D eigenvalue weighted by molar-refractivity contribution is 0.401. The first-order chi connectivity index (χ1) is 10.3. The second kappa shape index (κ2) is 5.75. The molecule has 0 aliphatic carbocycles. The molecule has 3 nitrogen and oxygen atoms in total. The molecule has 4 rings (SSSR count). The van der Waals surface area contributed by atoms with Crippen LogP contribution in [0.2, 0.25) is 0 Å². The Hall–Kier alpha value is -2.68. The largest absolute Gasteiger partial charge is 0.482 e. The summed E-state index contributed by atoms with van der Waals surface area (Å²) in [5.74, 6) is 0.811. The Morgan fingerprint density at radius 2 is 1.67 bits per heavy atom. The summed E-state index contributed by atoms with van der Waals surface area (Å²) in [4.78, 5) is 6.27. The number of aryl methyl sites for hydroxylation is 1. The van der Waals surface area contributed by atoms with Gasteiger partial charge in [-0.05, 0) is 36.6 Å². The van der Waals surface area contributed by atoms with Crippen molar-refractivity contribution in [3.63, 3.8) is 0 Å². The smallest absolute Gasteiger partial charge is 0.191 e. The average Bonchev–Trinajstić information content (AvgIpc) is 3.13. The van der Waals surface area contributed by atoms with Gasteiger partial charge in [-0.25, -0.2) is 0 Å². The highest BCUT2D eigenvalue weighted by molar-refractivity contribution is 5.81. The molecule has 0 saturated heterocycles. The van der Waals surface area contributed by atoms with E-state index in [0.717, 1.165) is 11.4 Å². The van der Waals surface area contributed by atoms with Crippen molar-refractivity contribution in [3.8, 4) is 5.88 Å². The number of fused-ring (bicyclic) bond motifs is 2. The molecule has 0 amide bonds. The van der Waals surface area contributed by atoms with Gasteiger partial charge in [-0.3, -0.25) is 0 Å². The topological polar surface area (TPSA) is 40.8 Å². The maximum atomic E-state index is 5.04. The Morgan fingerprint density at radius 1 is 0.857 bits per heavy atom. The fraction of sp³-hybridized carbons (Fsp3) is 0.111. The molecule has 0 radical (unpaired) electrons. The SMILES string of the molecule is COc1cc2ccccc2[nH]1.Cc1ccc2[nH]ccc2c1. The number of rotatable bonds is 1. The zero-order chi connectivity index (χ0) is 14.7. The van der Waals surface area contributed by atoms with Crippen molar-refractivity contribution in [1.29, 1.82) is 0 Å². The first-order valence-corrected chi connectivity index (χ1v) is 6.92. The van der Waals surface area contributed by atoms with Crippen LogP contribution in [0.25, 0.3) is 21.8 Å². The Balaban J connectivity index is 0.000000126. The normalized spacial score (nSPS) is 10.4. The van der Waals surface area contributed by atoms with E-state index in [2.05, 4.69) is 41.2 Å². The molecule has 0 atom stereocenters. The Bertz CT molecular complexity index is 825. The third-order valence-electron chi connectivity index (χ3n) is 3.43. The van der Waals surface area contributed by atoms with Gasteiger partial charge in [0.05, 0.1) is 7.11 Å². The van der Waals surface area contributed by atoms with Crippen LogP contribution in [0.15, 0.2) is 60.8 Å². The van der Waals surface area contributed by atoms with E-state index in [0.29, 0.717) is 0 Å². The number of benzene rings is 2. The number of aromatic nitrogens is 2. The fourth-order valence-corrected chi connectivity index (χ4v) is 2.33. The molecule has 0 spiro atoms. The van der Waals surface area contributed by atoms with Crippen molar-refractivity contribution in [2.24, 2.45) is 0 Å². The van der Waals surface area contributed by atoms with Gasteiger partial charge in [-0.2, -0.15) is 0 Å². The number of aromatic amines is 2. The summed E-state index contributed by atoms with van der Waals surface area (Å²) in [6.45, 7) is 2.10. The van der Waals surface area contributed by atoms with Gasteiger partial charge in [-0.1, -0.05) is 29.8 Å². The highest BCUT2D eigenvalue weighted by Gasteiger charge is 1.96. The lowest BCUT2D eigenvalue weighted by Crippen LogP contribution is -1.79. The van der Waals surface area contributed by atoms with Gasteiger partial charge in [0, 0.05) is 28.7 Å². The standard InChI is InChI=1S/C9H9NO.C9H9N/c1-11-9-6-7-4-2-3-5-8(7)10-9;1-7-2-3-9-8(6-7)4-5-10-9/h2-6,10H,1H3;2-6,10H,1H3. The van der Waals surface area contributed by atoms with Gasteiger partial charge >= 0.3 is 0 Å². The van der Waals surface area contributed by atoms with Crippen LogP contribution in [0.1, 0.15) is 5.56 Å². The van der Waals surface area contributed by atoms with Gasteiger partial charge in [0.15, 0.2) is 5.88 Å². The second-order valence-corrected chi connectivity index (χ2v) is 4.99. The van der Waals surface area contributed by atoms with E-state index in [1.807, 2.05) is 36.5 Å². The molecule has 2 aromatic heterocycles. The van der Waals surface area contributed by atoms with Gasteiger partial charge in [-0.15, -0.1) is 0 Å². The third-order valence-corrected chi connectivity index (χ3v) is 3.43. The van der Waals surface area contributed by atoms with Crippen LogP contribution < -0.4 is 4.74 Å². The number of ether oxygens (including phenoxy) is 1. The summed E-state index contributed by atoms with van der Waals surface area (Å²) in [7, 11) is 1.66. The molecule has 21 heavy (non-hydrogen) atoms. The van der Waals surface area contributed by atoms with Crippen LogP contribution in [0.4, 0.5) is 0 Å². The van der Waals surface area contributed by atoms with E-state index >= 15 is 0 Å². The number of para-hydroxylation sites is 1. The van der Waals surface area contributed by atoms with Crippen LogP contribution in [-0.4, -0.2) is 17.1 Å². The number of hydrogen-bond donors (Lipinski definition) is 2. The zero-order valence-electron chi connectivity index (χ0n) is 12.2. The predicted molar refractivity (Wildman–Crippen MR) is 87.9 cm³/mol. The Labute approximate surface area is 123 Å². The maximum absolute atomic E-state index is 5.04. The molecule has 3 heteroatoms. The molecule has 2 heterocycles. The fourth-order valence-electron chi connectivity index (χ4n) is 2.33. The van der Waals surface area contributed by atoms with Crippen molar-refractivity contribution in [3.05, 3.63) is 66.4 Å². The van der Waals surface area contributed by atoms with Crippen LogP contribution in [0.5, 0.6) is 5.88 Å². The average molecular weight is 278 g/mol. The molecule has 2 N–H and O–H groups in total. The molecule has 106 valence electrons. The van der Waals surface area contributed by atoms with Crippen LogP contribution in [0.3, 0.4) is 0 Å². The second-order valence-electron chi connectivity index (χ2n) is 4.99. The number of nitrogens with one attached hydrogen (secondary N) is 2. The minimum atomic E-state index is 0.811. The van der Waals surface area contributed by atoms with Gasteiger partial charge < -0.3 is 14.7 Å². The Morgan fingerprint density at radius 3 is 2.48 bits per heavy atom. The lowest BCUT2D eigenvalue weighted by atomic mass is 10.2. The molecule has 0 fully saturated rings. The van der Waals surface area contributed by atoms with Crippen LogP contribution in [-0.2, 0) is 0 Å². The van der Waals surface area contributed by atoms with Crippen molar-refractivity contribution < 1.29 is 4.74 Å². The van der Waals surface area contributed by atoms with E-state index in [-0.39, 0.29) is 0 Å². The van der Waals surface area contributed by atoms with Crippen molar-refractivity contribution >= 4 is 21.8 Å². The third kappa shape index (κ3) is 2.92. The molecule has 2 aromatic carbocycles. The molecule has 4 aromatic rings.